The number of aliphatic hydroxyl groups is 1. The van der Waals surface area contributed by atoms with Crippen molar-refractivity contribution < 1.29 is 27.4 Å². The van der Waals surface area contributed by atoms with Crippen molar-refractivity contribution in [3.63, 3.8) is 0 Å². The Morgan fingerprint density at radius 1 is 0.900 bits per heavy atom. The normalized spacial score (nSPS) is 15.0. The highest BCUT2D eigenvalue weighted by molar-refractivity contribution is 6.74. The molecule has 0 radical (unpaired) electrons. The van der Waals surface area contributed by atoms with Gasteiger partial charge >= 0.3 is 6.18 Å². The van der Waals surface area contributed by atoms with Gasteiger partial charge in [-0.1, -0.05) is 45.0 Å². The molecule has 0 aromatic heterocycles. The number of halogens is 3. The molecule has 30 heavy (non-hydrogen) atoms. The molecule has 2 aromatic carbocycles. The third kappa shape index (κ3) is 5.65. The van der Waals surface area contributed by atoms with Crippen LogP contribution in [-0.2, 0) is 10.6 Å². The van der Waals surface area contributed by atoms with E-state index in [4.69, 9.17) is 9.16 Å². The van der Waals surface area contributed by atoms with Crippen LogP contribution in [-0.4, -0.2) is 27.1 Å². The average molecular weight is 441 g/mol. The second kappa shape index (κ2) is 9.12. The Labute approximate surface area is 178 Å². The summed E-state index contributed by atoms with van der Waals surface area (Å²) in [4.78, 5) is 0. The molecule has 0 saturated carbocycles. The topological polar surface area (TPSA) is 38.7 Å². The number of alkyl halides is 3. The fourth-order valence-corrected chi connectivity index (χ4v) is 4.25. The number of rotatable bonds is 7. The van der Waals surface area contributed by atoms with E-state index in [1.54, 1.807) is 7.11 Å². The van der Waals surface area contributed by atoms with Crippen molar-refractivity contribution in [3.8, 4) is 5.75 Å². The standard InChI is InChI=1S/C23H31F3O3Si/c1-22(2,3)30(5,6)29-21(17-9-13-19(28-4)14-10-17)20(15-27)16-7-11-18(12-8-16)23(24,25)26/h7-14,20-21,27H,15H2,1-6H3/t20-,21+/m1/s1. The van der Waals surface area contributed by atoms with E-state index in [9.17, 15) is 18.3 Å². The Morgan fingerprint density at radius 2 is 1.40 bits per heavy atom. The summed E-state index contributed by atoms with van der Waals surface area (Å²) < 4.78 is 50.8. The molecule has 2 rings (SSSR count). The number of hydrogen-bond acceptors (Lipinski definition) is 3. The molecule has 3 nitrogen and oxygen atoms in total. The molecular formula is C23H31F3O3Si. The number of aliphatic hydroxyl groups excluding tert-OH is 1. The summed E-state index contributed by atoms with van der Waals surface area (Å²) in [6.07, 6.45) is -4.90. The Balaban J connectivity index is 2.49. The Hall–Kier alpha value is -1.83. The zero-order chi connectivity index (χ0) is 22.7. The third-order valence-electron chi connectivity index (χ3n) is 5.90. The molecule has 2 aromatic rings. The largest absolute Gasteiger partial charge is 0.497 e. The lowest BCUT2D eigenvalue weighted by atomic mass is 9.89. The first kappa shape index (κ1) is 24.4. The van der Waals surface area contributed by atoms with Crippen LogP contribution in [0.25, 0.3) is 0 Å². The minimum Gasteiger partial charge on any atom is -0.497 e. The predicted molar refractivity (Wildman–Crippen MR) is 115 cm³/mol. The van der Waals surface area contributed by atoms with Gasteiger partial charge in [-0.2, -0.15) is 13.2 Å². The molecule has 1 N–H and O–H groups in total. The molecule has 2 atom stereocenters. The lowest BCUT2D eigenvalue weighted by Crippen LogP contribution is -2.43. The van der Waals surface area contributed by atoms with E-state index in [2.05, 4.69) is 33.9 Å². The van der Waals surface area contributed by atoms with Gasteiger partial charge in [-0.25, -0.2) is 0 Å². The molecule has 7 heteroatoms. The third-order valence-corrected chi connectivity index (χ3v) is 10.4. The molecule has 166 valence electrons. The molecule has 0 unspecified atom stereocenters. The first-order valence-electron chi connectivity index (χ1n) is 9.90. The van der Waals surface area contributed by atoms with Crippen LogP contribution in [0.15, 0.2) is 48.5 Å². The van der Waals surface area contributed by atoms with E-state index in [1.807, 2.05) is 24.3 Å². The zero-order valence-electron chi connectivity index (χ0n) is 18.4. The summed E-state index contributed by atoms with van der Waals surface area (Å²) in [5.74, 6) is 0.190. The summed E-state index contributed by atoms with van der Waals surface area (Å²) in [6, 6.07) is 12.3. The van der Waals surface area contributed by atoms with E-state index >= 15 is 0 Å². The molecular weight excluding hydrogens is 409 g/mol. The minimum absolute atomic E-state index is 0.0716. The van der Waals surface area contributed by atoms with Crippen molar-refractivity contribution in [3.05, 3.63) is 65.2 Å². The average Bonchev–Trinajstić information content (AvgIpc) is 2.66. The highest BCUT2D eigenvalue weighted by Crippen LogP contribution is 2.44. The highest BCUT2D eigenvalue weighted by Gasteiger charge is 2.41. The molecule has 0 heterocycles. The van der Waals surface area contributed by atoms with Crippen molar-refractivity contribution in [2.45, 2.75) is 57.1 Å². The number of ether oxygens (including phenoxy) is 1. The maximum atomic E-state index is 13.0. The van der Waals surface area contributed by atoms with Gasteiger partial charge in [-0.05, 0) is 53.5 Å². The van der Waals surface area contributed by atoms with Gasteiger partial charge in [0.2, 0.25) is 0 Å². The Morgan fingerprint density at radius 3 is 1.80 bits per heavy atom. The second-order valence-corrected chi connectivity index (χ2v) is 13.7. The van der Waals surface area contributed by atoms with Crippen LogP contribution in [0.5, 0.6) is 5.75 Å². The van der Waals surface area contributed by atoms with Gasteiger partial charge < -0.3 is 14.3 Å². The smallest absolute Gasteiger partial charge is 0.416 e. The molecule has 0 aliphatic heterocycles. The first-order chi connectivity index (χ1) is 13.8. The van der Waals surface area contributed by atoms with E-state index in [0.717, 1.165) is 17.7 Å². The van der Waals surface area contributed by atoms with Crippen molar-refractivity contribution in [2.24, 2.45) is 0 Å². The Bertz CT molecular complexity index is 810. The molecule has 0 spiro atoms. The Kier molecular flexibility index (Phi) is 7.43. The summed E-state index contributed by atoms with van der Waals surface area (Å²) in [5, 5.41) is 10.2. The quantitative estimate of drug-likeness (QED) is 0.496. The van der Waals surface area contributed by atoms with E-state index in [1.165, 1.54) is 12.1 Å². The van der Waals surface area contributed by atoms with Crippen LogP contribution in [0.3, 0.4) is 0 Å². The van der Waals surface area contributed by atoms with Crippen LogP contribution in [0.2, 0.25) is 18.1 Å². The van der Waals surface area contributed by atoms with Gasteiger partial charge in [0.25, 0.3) is 0 Å². The number of methoxy groups -OCH3 is 1. The molecule has 0 bridgehead atoms. The molecule has 0 fully saturated rings. The SMILES string of the molecule is COc1ccc([C@H](O[Si](C)(C)C(C)(C)C)[C@H](CO)c2ccc(C(F)(F)F)cc2)cc1. The van der Waals surface area contributed by atoms with Crippen molar-refractivity contribution >= 4 is 8.32 Å². The molecule has 0 aliphatic rings. The lowest BCUT2D eigenvalue weighted by molar-refractivity contribution is -0.137. The van der Waals surface area contributed by atoms with Crippen molar-refractivity contribution in [2.75, 3.05) is 13.7 Å². The molecule has 0 amide bonds. The van der Waals surface area contributed by atoms with Crippen molar-refractivity contribution in [1.82, 2.24) is 0 Å². The van der Waals surface area contributed by atoms with Crippen molar-refractivity contribution in [1.29, 1.82) is 0 Å². The first-order valence-corrected chi connectivity index (χ1v) is 12.8. The summed E-state index contributed by atoms with van der Waals surface area (Å²) >= 11 is 0. The maximum absolute atomic E-state index is 13.0. The van der Waals surface area contributed by atoms with E-state index in [-0.39, 0.29) is 11.6 Å². The van der Waals surface area contributed by atoms with Gasteiger partial charge in [0.05, 0.1) is 25.4 Å². The monoisotopic (exact) mass is 440 g/mol. The number of benzene rings is 2. The van der Waals surface area contributed by atoms with Gasteiger partial charge in [-0.15, -0.1) is 0 Å². The number of hydrogen-bond donors (Lipinski definition) is 1. The fourth-order valence-electron chi connectivity index (χ4n) is 2.97. The highest BCUT2D eigenvalue weighted by atomic mass is 28.4. The van der Waals surface area contributed by atoms with E-state index < -0.39 is 32.1 Å². The molecule has 0 aliphatic carbocycles. The van der Waals surface area contributed by atoms with Crippen LogP contribution in [0.4, 0.5) is 13.2 Å². The summed E-state index contributed by atoms with van der Waals surface area (Å²) in [6.45, 7) is 10.3. The van der Waals surface area contributed by atoms with E-state index in [0.29, 0.717) is 11.3 Å². The van der Waals surface area contributed by atoms with Crippen LogP contribution < -0.4 is 4.74 Å². The summed E-state index contributed by atoms with van der Waals surface area (Å²) in [7, 11) is -0.667. The minimum atomic E-state index is -4.40. The molecule has 0 saturated heterocycles. The van der Waals surface area contributed by atoms with Gasteiger partial charge in [0.1, 0.15) is 5.75 Å². The maximum Gasteiger partial charge on any atom is 0.416 e. The van der Waals surface area contributed by atoms with Gasteiger partial charge in [-0.3, -0.25) is 0 Å². The predicted octanol–water partition coefficient (Wildman–Crippen LogP) is 6.55. The lowest BCUT2D eigenvalue weighted by Gasteiger charge is -2.41. The summed E-state index contributed by atoms with van der Waals surface area (Å²) in [5.41, 5.74) is 0.735. The van der Waals surface area contributed by atoms with Crippen LogP contribution in [0, 0.1) is 0 Å². The van der Waals surface area contributed by atoms with Crippen LogP contribution in [0.1, 0.15) is 49.5 Å². The second-order valence-electron chi connectivity index (χ2n) is 8.98. The van der Waals surface area contributed by atoms with Crippen LogP contribution >= 0.6 is 0 Å². The fraction of sp³-hybridized carbons (Fsp3) is 0.478. The van der Waals surface area contributed by atoms with Gasteiger partial charge in [0.15, 0.2) is 8.32 Å². The van der Waals surface area contributed by atoms with Gasteiger partial charge in [0, 0.05) is 5.92 Å². The zero-order valence-corrected chi connectivity index (χ0v) is 19.4.